The van der Waals surface area contributed by atoms with Crippen LogP contribution in [-0.2, 0) is 14.9 Å². The topological polar surface area (TPSA) is 46.5 Å². The van der Waals surface area contributed by atoms with Gasteiger partial charge in [0.1, 0.15) is 6.10 Å². The van der Waals surface area contributed by atoms with Gasteiger partial charge < -0.3 is 9.84 Å². The van der Waals surface area contributed by atoms with Crippen molar-refractivity contribution in [3.63, 3.8) is 0 Å². The average molecular weight is 393 g/mol. The molecule has 1 aliphatic carbocycles. The fourth-order valence-corrected chi connectivity index (χ4v) is 4.43. The van der Waals surface area contributed by atoms with Crippen molar-refractivity contribution in [2.75, 3.05) is 0 Å². The fraction of sp³-hybridized carbons (Fsp3) is 0.423. The van der Waals surface area contributed by atoms with Gasteiger partial charge in [-0.15, -0.1) is 0 Å². The Hall–Kier alpha value is -2.39. The Labute approximate surface area is 174 Å². The second-order valence-electron chi connectivity index (χ2n) is 8.80. The van der Waals surface area contributed by atoms with Gasteiger partial charge in [0.25, 0.3) is 0 Å². The van der Waals surface area contributed by atoms with Crippen LogP contribution in [0.15, 0.2) is 66.7 Å². The number of carbonyl (C=O) groups excluding carboxylic acids is 1. The SMILES string of the molecule is C[C@@H]1CC[C@@H](C(C)(C)c2ccccc2)[C@H](OC(=O)[C@@H](O)/C=C\c2ccccc2)C1. The molecule has 0 bridgehead atoms. The standard InChI is InChI=1S/C26H32O3/c1-19-14-16-22(26(2,3)21-12-8-5-9-13-21)24(18-19)29-25(28)23(27)17-15-20-10-6-4-7-11-20/h4-13,15,17,19,22-24,27H,14,16,18H2,1-3H3/b17-15-/t19-,22-,23+,24-/m1/s1. The number of ether oxygens (including phenoxy) is 1. The molecule has 1 N–H and O–H groups in total. The van der Waals surface area contributed by atoms with Crippen LogP contribution in [0, 0.1) is 11.8 Å². The number of benzene rings is 2. The first-order valence-corrected chi connectivity index (χ1v) is 10.5. The van der Waals surface area contributed by atoms with Crippen molar-refractivity contribution in [2.45, 2.75) is 57.7 Å². The summed E-state index contributed by atoms with van der Waals surface area (Å²) < 4.78 is 5.89. The minimum absolute atomic E-state index is 0.114. The van der Waals surface area contributed by atoms with E-state index in [1.54, 1.807) is 6.08 Å². The Balaban J connectivity index is 1.72. The van der Waals surface area contributed by atoms with Crippen LogP contribution in [-0.4, -0.2) is 23.3 Å². The average Bonchev–Trinajstić information content (AvgIpc) is 2.73. The normalized spacial score (nSPS) is 23.7. The molecule has 0 aliphatic heterocycles. The Morgan fingerprint density at radius 3 is 2.34 bits per heavy atom. The van der Waals surface area contributed by atoms with E-state index < -0.39 is 12.1 Å². The molecule has 3 heteroatoms. The van der Waals surface area contributed by atoms with E-state index in [0.717, 1.165) is 24.8 Å². The van der Waals surface area contributed by atoms with Gasteiger partial charge in [-0.05, 0) is 41.4 Å². The molecule has 1 fully saturated rings. The lowest BCUT2D eigenvalue weighted by Crippen LogP contribution is -2.44. The number of rotatable bonds is 6. The first kappa shape index (κ1) is 21.3. The van der Waals surface area contributed by atoms with Crippen LogP contribution in [0.1, 0.15) is 51.2 Å². The summed E-state index contributed by atoms with van der Waals surface area (Å²) in [7, 11) is 0. The van der Waals surface area contributed by atoms with E-state index in [1.165, 1.54) is 11.6 Å². The molecule has 2 aromatic rings. The van der Waals surface area contributed by atoms with Crippen LogP contribution in [0.25, 0.3) is 6.08 Å². The van der Waals surface area contributed by atoms with Gasteiger partial charge in [0.2, 0.25) is 0 Å². The first-order valence-electron chi connectivity index (χ1n) is 10.5. The first-order chi connectivity index (χ1) is 13.9. The maximum atomic E-state index is 12.6. The molecule has 1 saturated carbocycles. The van der Waals surface area contributed by atoms with Gasteiger partial charge in [0.15, 0.2) is 6.10 Å². The lowest BCUT2D eigenvalue weighted by Gasteiger charge is -2.44. The highest BCUT2D eigenvalue weighted by molar-refractivity contribution is 5.78. The summed E-state index contributed by atoms with van der Waals surface area (Å²) in [4.78, 5) is 12.6. The van der Waals surface area contributed by atoms with Gasteiger partial charge in [0.05, 0.1) is 0 Å². The summed E-state index contributed by atoms with van der Waals surface area (Å²) in [5.41, 5.74) is 2.08. The highest BCUT2D eigenvalue weighted by atomic mass is 16.6. The molecule has 1 aliphatic rings. The molecule has 0 aromatic heterocycles. The van der Waals surface area contributed by atoms with E-state index in [0.29, 0.717) is 5.92 Å². The molecule has 29 heavy (non-hydrogen) atoms. The summed E-state index contributed by atoms with van der Waals surface area (Å²) >= 11 is 0. The number of aliphatic hydroxyl groups excluding tert-OH is 1. The highest BCUT2D eigenvalue weighted by Gasteiger charge is 2.42. The van der Waals surface area contributed by atoms with Gasteiger partial charge >= 0.3 is 5.97 Å². The molecule has 0 spiro atoms. The maximum Gasteiger partial charge on any atom is 0.339 e. The van der Waals surface area contributed by atoms with E-state index >= 15 is 0 Å². The Kier molecular flexibility index (Phi) is 6.92. The number of aliphatic hydroxyl groups is 1. The molecule has 3 nitrogen and oxygen atoms in total. The van der Waals surface area contributed by atoms with Gasteiger partial charge in [-0.1, -0.05) is 93.9 Å². The second-order valence-corrected chi connectivity index (χ2v) is 8.80. The minimum Gasteiger partial charge on any atom is -0.460 e. The summed E-state index contributed by atoms with van der Waals surface area (Å²) in [6.45, 7) is 6.67. The summed E-state index contributed by atoms with van der Waals surface area (Å²) in [6, 6.07) is 20.1. The molecule has 4 atom stereocenters. The third-order valence-corrected chi connectivity index (χ3v) is 6.28. The number of hydrogen-bond donors (Lipinski definition) is 1. The van der Waals surface area contributed by atoms with E-state index in [2.05, 4.69) is 45.0 Å². The Morgan fingerprint density at radius 2 is 1.69 bits per heavy atom. The van der Waals surface area contributed by atoms with Crippen molar-refractivity contribution >= 4 is 12.0 Å². The van der Waals surface area contributed by atoms with Crippen LogP contribution in [0.4, 0.5) is 0 Å². The fourth-order valence-electron chi connectivity index (χ4n) is 4.43. The predicted molar refractivity (Wildman–Crippen MR) is 117 cm³/mol. The van der Waals surface area contributed by atoms with Gasteiger partial charge in [0, 0.05) is 5.92 Å². The lowest BCUT2D eigenvalue weighted by atomic mass is 9.64. The van der Waals surface area contributed by atoms with Gasteiger partial charge in [-0.3, -0.25) is 0 Å². The zero-order valence-corrected chi connectivity index (χ0v) is 17.6. The van der Waals surface area contributed by atoms with Gasteiger partial charge in [-0.2, -0.15) is 0 Å². The molecule has 0 heterocycles. The zero-order chi connectivity index (χ0) is 20.9. The second kappa shape index (κ2) is 9.41. The van der Waals surface area contributed by atoms with Crippen molar-refractivity contribution in [1.29, 1.82) is 0 Å². The third kappa shape index (κ3) is 5.36. The van der Waals surface area contributed by atoms with E-state index in [9.17, 15) is 9.90 Å². The molecule has 0 unspecified atom stereocenters. The predicted octanol–water partition coefficient (Wildman–Crippen LogP) is 5.39. The van der Waals surface area contributed by atoms with Crippen LogP contribution in [0.2, 0.25) is 0 Å². The summed E-state index contributed by atoms with van der Waals surface area (Å²) in [5.74, 6) is 0.160. The van der Waals surface area contributed by atoms with Crippen molar-refractivity contribution in [1.82, 2.24) is 0 Å². The lowest BCUT2D eigenvalue weighted by molar-refractivity contribution is -0.163. The van der Waals surface area contributed by atoms with E-state index in [-0.39, 0.29) is 17.4 Å². The van der Waals surface area contributed by atoms with Crippen molar-refractivity contribution < 1.29 is 14.6 Å². The van der Waals surface area contributed by atoms with E-state index in [1.807, 2.05) is 36.4 Å². The van der Waals surface area contributed by atoms with Crippen LogP contribution in [0.5, 0.6) is 0 Å². The number of hydrogen-bond acceptors (Lipinski definition) is 3. The van der Waals surface area contributed by atoms with Crippen LogP contribution >= 0.6 is 0 Å². The summed E-state index contributed by atoms with van der Waals surface area (Å²) in [5, 5.41) is 10.3. The quantitative estimate of drug-likeness (QED) is 0.671. The van der Waals surface area contributed by atoms with Crippen molar-refractivity contribution in [3.05, 3.63) is 77.9 Å². The van der Waals surface area contributed by atoms with Gasteiger partial charge in [-0.25, -0.2) is 4.79 Å². The third-order valence-electron chi connectivity index (χ3n) is 6.28. The van der Waals surface area contributed by atoms with Crippen molar-refractivity contribution in [2.24, 2.45) is 11.8 Å². The number of esters is 1. The molecule has 3 rings (SSSR count). The van der Waals surface area contributed by atoms with Crippen molar-refractivity contribution in [3.8, 4) is 0 Å². The molecular formula is C26H32O3. The minimum atomic E-state index is -1.26. The molecule has 2 aromatic carbocycles. The maximum absolute atomic E-state index is 12.6. The Bertz CT molecular complexity index is 810. The molecule has 0 amide bonds. The van der Waals surface area contributed by atoms with Crippen LogP contribution < -0.4 is 0 Å². The molecule has 0 radical (unpaired) electrons. The molecule has 154 valence electrons. The largest absolute Gasteiger partial charge is 0.460 e. The monoisotopic (exact) mass is 392 g/mol. The molecule has 0 saturated heterocycles. The number of carbonyl (C=O) groups is 1. The Morgan fingerprint density at radius 1 is 1.07 bits per heavy atom. The highest BCUT2D eigenvalue weighted by Crippen LogP contribution is 2.43. The molecular weight excluding hydrogens is 360 g/mol. The zero-order valence-electron chi connectivity index (χ0n) is 17.6. The summed E-state index contributed by atoms with van der Waals surface area (Å²) in [6.07, 6.45) is 4.78. The smallest absolute Gasteiger partial charge is 0.339 e. The van der Waals surface area contributed by atoms with E-state index in [4.69, 9.17) is 4.74 Å². The van der Waals surface area contributed by atoms with Crippen LogP contribution in [0.3, 0.4) is 0 Å².